The number of hydrogen-bond acceptors (Lipinski definition) is 1. The van der Waals surface area contributed by atoms with Gasteiger partial charge in [0.2, 0.25) is 0 Å². The zero-order valence-electron chi connectivity index (χ0n) is 14.0. The molecule has 0 aromatic heterocycles. The van der Waals surface area contributed by atoms with Crippen molar-refractivity contribution in [2.24, 2.45) is 0 Å². The molecule has 0 radical (unpaired) electrons. The third kappa shape index (κ3) is 18.4. The molecule has 0 bridgehead atoms. The molecule has 0 aliphatic rings. The van der Waals surface area contributed by atoms with Crippen LogP contribution < -0.4 is 0 Å². The van der Waals surface area contributed by atoms with Crippen LogP contribution in [0, 0.1) is 0 Å². The monoisotopic (exact) mass is 304 g/mol. The van der Waals surface area contributed by atoms with Gasteiger partial charge in [-0.25, -0.2) is 0 Å². The summed E-state index contributed by atoms with van der Waals surface area (Å²) in [6.45, 7) is 2.24. The first-order valence-corrected chi connectivity index (χ1v) is 8.62. The Morgan fingerprint density at radius 2 is 1.32 bits per heavy atom. The standard InChI is InChI=1S/C20H32O2/c1-2-3-4-5-6-7-8-9-10-11-12-13-14-15-16-17-18-19-20(21)22/h7-10,12-15H,2-6,11,16-19H2,1H3,(H,21,22)/b8-7-,10-9-,13-12-,15-14+. The van der Waals surface area contributed by atoms with Crippen LogP contribution in [0.25, 0.3) is 0 Å². The molecular formula is C20H32O2. The van der Waals surface area contributed by atoms with Crippen molar-refractivity contribution in [1.29, 1.82) is 0 Å². The Morgan fingerprint density at radius 3 is 1.86 bits per heavy atom. The van der Waals surface area contributed by atoms with E-state index in [0.29, 0.717) is 0 Å². The van der Waals surface area contributed by atoms with Crippen LogP contribution in [0.1, 0.15) is 71.1 Å². The number of rotatable bonds is 14. The fraction of sp³-hybridized carbons (Fsp3) is 0.550. The van der Waals surface area contributed by atoms with E-state index in [4.69, 9.17) is 5.11 Å². The van der Waals surface area contributed by atoms with Gasteiger partial charge in [-0.1, -0.05) is 74.8 Å². The van der Waals surface area contributed by atoms with Crippen molar-refractivity contribution in [1.82, 2.24) is 0 Å². The highest BCUT2D eigenvalue weighted by molar-refractivity contribution is 5.66. The molecule has 0 spiro atoms. The molecule has 0 rings (SSSR count). The van der Waals surface area contributed by atoms with Crippen LogP contribution in [-0.2, 0) is 4.79 Å². The van der Waals surface area contributed by atoms with Crippen molar-refractivity contribution in [3.63, 3.8) is 0 Å². The van der Waals surface area contributed by atoms with E-state index < -0.39 is 5.97 Å². The maximum absolute atomic E-state index is 10.3. The summed E-state index contributed by atoms with van der Waals surface area (Å²) in [6, 6.07) is 0. The van der Waals surface area contributed by atoms with Gasteiger partial charge in [0.25, 0.3) is 0 Å². The highest BCUT2D eigenvalue weighted by atomic mass is 16.4. The maximum atomic E-state index is 10.3. The lowest BCUT2D eigenvalue weighted by molar-refractivity contribution is -0.137. The molecule has 0 heterocycles. The molecule has 2 heteroatoms. The first-order chi connectivity index (χ1) is 10.8. The first-order valence-electron chi connectivity index (χ1n) is 8.62. The van der Waals surface area contributed by atoms with Gasteiger partial charge in [0.1, 0.15) is 0 Å². The molecule has 0 unspecified atom stereocenters. The van der Waals surface area contributed by atoms with E-state index in [9.17, 15) is 4.79 Å². The summed E-state index contributed by atoms with van der Waals surface area (Å²) in [7, 11) is 0. The fourth-order valence-electron chi connectivity index (χ4n) is 1.97. The molecule has 124 valence electrons. The summed E-state index contributed by atoms with van der Waals surface area (Å²) < 4.78 is 0. The predicted octanol–water partition coefficient (Wildman–Crippen LogP) is 6.22. The van der Waals surface area contributed by atoms with Gasteiger partial charge in [0.15, 0.2) is 0 Å². The largest absolute Gasteiger partial charge is 0.481 e. The van der Waals surface area contributed by atoms with Gasteiger partial charge in [-0.05, 0) is 38.5 Å². The number of carbonyl (C=O) groups is 1. The van der Waals surface area contributed by atoms with Crippen molar-refractivity contribution in [2.75, 3.05) is 0 Å². The van der Waals surface area contributed by atoms with Gasteiger partial charge in [-0.3, -0.25) is 4.79 Å². The average Bonchev–Trinajstić information content (AvgIpc) is 2.50. The number of hydrogen-bond donors (Lipinski definition) is 1. The minimum atomic E-state index is -0.703. The Hall–Kier alpha value is -1.57. The average molecular weight is 304 g/mol. The Bertz CT molecular complexity index is 362. The lowest BCUT2D eigenvalue weighted by Gasteiger charge is -1.92. The highest BCUT2D eigenvalue weighted by Crippen LogP contribution is 2.03. The molecule has 2 nitrogen and oxygen atoms in total. The van der Waals surface area contributed by atoms with Crippen LogP contribution in [0.4, 0.5) is 0 Å². The van der Waals surface area contributed by atoms with Crippen molar-refractivity contribution in [3.8, 4) is 0 Å². The summed E-state index contributed by atoms with van der Waals surface area (Å²) in [4.78, 5) is 10.3. The number of carboxylic acid groups (broad SMARTS) is 1. The molecular weight excluding hydrogens is 272 g/mol. The van der Waals surface area contributed by atoms with Gasteiger partial charge in [-0.2, -0.15) is 0 Å². The summed E-state index contributed by atoms with van der Waals surface area (Å²) in [5, 5.41) is 8.50. The van der Waals surface area contributed by atoms with Crippen LogP contribution in [0.3, 0.4) is 0 Å². The number of allylic oxidation sites excluding steroid dienone is 8. The van der Waals surface area contributed by atoms with E-state index in [2.05, 4.69) is 49.5 Å². The summed E-state index contributed by atoms with van der Waals surface area (Å²) >= 11 is 0. The summed E-state index contributed by atoms with van der Waals surface area (Å²) in [5.41, 5.74) is 0. The second kappa shape index (κ2) is 17.5. The van der Waals surface area contributed by atoms with Crippen LogP contribution >= 0.6 is 0 Å². The number of unbranched alkanes of at least 4 members (excludes halogenated alkanes) is 6. The molecule has 0 aliphatic heterocycles. The van der Waals surface area contributed by atoms with Gasteiger partial charge in [0, 0.05) is 6.42 Å². The second-order valence-corrected chi connectivity index (χ2v) is 5.44. The minimum absolute atomic E-state index is 0.278. The van der Waals surface area contributed by atoms with Gasteiger partial charge in [0.05, 0.1) is 0 Å². The van der Waals surface area contributed by atoms with Crippen molar-refractivity contribution >= 4 is 5.97 Å². The minimum Gasteiger partial charge on any atom is -0.481 e. The van der Waals surface area contributed by atoms with E-state index >= 15 is 0 Å². The lowest BCUT2D eigenvalue weighted by Crippen LogP contribution is -1.92. The quantitative estimate of drug-likeness (QED) is 0.305. The summed E-state index contributed by atoms with van der Waals surface area (Å²) in [6.07, 6.45) is 27.3. The van der Waals surface area contributed by atoms with E-state index in [1.807, 2.05) is 6.08 Å². The first kappa shape index (κ1) is 20.4. The van der Waals surface area contributed by atoms with Gasteiger partial charge < -0.3 is 5.11 Å². The lowest BCUT2D eigenvalue weighted by atomic mass is 10.1. The van der Waals surface area contributed by atoms with E-state index in [0.717, 1.165) is 25.7 Å². The molecule has 0 saturated heterocycles. The zero-order chi connectivity index (χ0) is 16.3. The number of carboxylic acids is 1. The highest BCUT2D eigenvalue weighted by Gasteiger charge is 1.93. The normalized spacial score (nSPS) is 12.4. The van der Waals surface area contributed by atoms with E-state index in [1.54, 1.807) is 0 Å². The Labute approximate surface area is 136 Å². The Balaban J connectivity index is 3.43. The van der Waals surface area contributed by atoms with Gasteiger partial charge in [-0.15, -0.1) is 0 Å². The van der Waals surface area contributed by atoms with E-state index in [1.165, 1.54) is 32.1 Å². The van der Waals surface area contributed by atoms with Gasteiger partial charge >= 0.3 is 5.97 Å². The Morgan fingerprint density at radius 1 is 0.773 bits per heavy atom. The van der Waals surface area contributed by atoms with Crippen LogP contribution in [-0.4, -0.2) is 11.1 Å². The smallest absolute Gasteiger partial charge is 0.303 e. The molecule has 0 atom stereocenters. The van der Waals surface area contributed by atoms with Crippen LogP contribution in [0.5, 0.6) is 0 Å². The fourth-order valence-corrected chi connectivity index (χ4v) is 1.97. The maximum Gasteiger partial charge on any atom is 0.303 e. The van der Waals surface area contributed by atoms with E-state index in [-0.39, 0.29) is 6.42 Å². The zero-order valence-corrected chi connectivity index (χ0v) is 14.0. The molecule has 0 aromatic rings. The van der Waals surface area contributed by atoms with Crippen molar-refractivity contribution in [2.45, 2.75) is 71.1 Å². The van der Waals surface area contributed by atoms with Crippen LogP contribution in [0.15, 0.2) is 48.6 Å². The van der Waals surface area contributed by atoms with Crippen molar-refractivity contribution in [3.05, 3.63) is 48.6 Å². The molecule has 22 heavy (non-hydrogen) atoms. The molecule has 0 aliphatic carbocycles. The molecule has 0 amide bonds. The molecule has 0 aromatic carbocycles. The third-order valence-electron chi connectivity index (χ3n) is 3.27. The topological polar surface area (TPSA) is 37.3 Å². The number of aliphatic carboxylic acids is 1. The third-order valence-corrected chi connectivity index (χ3v) is 3.27. The SMILES string of the molecule is CCCCCC/C=C\C=C/C/C=C\C=C\CCCCC(=O)O. The van der Waals surface area contributed by atoms with Crippen molar-refractivity contribution < 1.29 is 9.90 Å². The molecule has 0 fully saturated rings. The van der Waals surface area contributed by atoms with Crippen LogP contribution in [0.2, 0.25) is 0 Å². The second-order valence-electron chi connectivity index (χ2n) is 5.44. The Kier molecular flexibility index (Phi) is 16.2. The predicted molar refractivity (Wildman–Crippen MR) is 96.0 cm³/mol. The molecule has 0 saturated carbocycles. The summed E-state index contributed by atoms with van der Waals surface area (Å²) in [5.74, 6) is -0.703. The molecule has 1 N–H and O–H groups in total.